The van der Waals surface area contributed by atoms with Crippen molar-refractivity contribution in [3.05, 3.63) is 94.0 Å². The molecule has 61 heavy (non-hydrogen) atoms. The number of hydrogen-bond donors (Lipinski definition) is 2. The molecular formula is C46H51F3N6O6. The standard InChI is InChI=1S/C46H51F3N6O6/c1-44(2)42(45(3,4)43(44)61-32-16-14-30(27-50)35(26-32)46(47,48)49)52-38(57)29-12-10-28(11-13-29)9-7-5-6-8-20-53-21-23-54(24-22-53)31-15-17-33-34(25-31)41(60)55(40(33)59)36-18-19-37(56)51-39(36)58/h10-17,25-26,36,42-43H,5-9,18-24H2,1-4H3,(H,52,57)(H,51,56,58)/t36?,42-,43-. The van der Waals surface area contributed by atoms with Gasteiger partial charge in [-0.3, -0.25) is 39.1 Å². The number of benzene rings is 3. The Morgan fingerprint density at radius 3 is 2.20 bits per heavy atom. The predicted molar refractivity (Wildman–Crippen MR) is 220 cm³/mol. The van der Waals surface area contributed by atoms with Crippen molar-refractivity contribution in [2.75, 3.05) is 37.6 Å². The number of anilines is 1. The fourth-order valence-corrected chi connectivity index (χ4v) is 9.81. The van der Waals surface area contributed by atoms with Crippen LogP contribution in [0.2, 0.25) is 0 Å². The Balaban J connectivity index is 0.808. The molecule has 7 rings (SSSR count). The number of imide groups is 2. The van der Waals surface area contributed by atoms with Gasteiger partial charge in [0, 0.05) is 60.7 Å². The zero-order valence-electron chi connectivity index (χ0n) is 34.9. The van der Waals surface area contributed by atoms with Crippen molar-refractivity contribution in [1.29, 1.82) is 5.26 Å². The summed E-state index contributed by atoms with van der Waals surface area (Å²) in [5.74, 6) is -2.25. The number of rotatable bonds is 13. The van der Waals surface area contributed by atoms with Crippen molar-refractivity contribution in [3.63, 3.8) is 0 Å². The van der Waals surface area contributed by atoms with Crippen molar-refractivity contribution < 1.29 is 41.9 Å². The first-order valence-electron chi connectivity index (χ1n) is 20.9. The summed E-state index contributed by atoms with van der Waals surface area (Å²) in [7, 11) is 0. The topological polar surface area (TPSA) is 152 Å². The Labute approximate surface area is 353 Å². The molecule has 15 heteroatoms. The van der Waals surface area contributed by atoms with Gasteiger partial charge >= 0.3 is 6.18 Å². The number of piperidine rings is 1. The Morgan fingerprint density at radius 2 is 1.54 bits per heavy atom. The van der Waals surface area contributed by atoms with Crippen LogP contribution in [0.1, 0.15) is 114 Å². The highest BCUT2D eigenvalue weighted by molar-refractivity contribution is 6.23. The van der Waals surface area contributed by atoms with Crippen molar-refractivity contribution in [3.8, 4) is 11.8 Å². The number of nitrogens with one attached hydrogen (secondary N) is 2. The molecule has 3 aliphatic heterocycles. The van der Waals surface area contributed by atoms with Crippen LogP contribution in [0.25, 0.3) is 0 Å². The molecule has 3 heterocycles. The average Bonchev–Trinajstić information content (AvgIpc) is 3.47. The molecule has 1 unspecified atom stereocenters. The number of carbonyl (C=O) groups is 5. The number of nitriles is 1. The Bertz CT molecular complexity index is 2240. The van der Waals surface area contributed by atoms with E-state index in [1.165, 1.54) is 6.07 Å². The summed E-state index contributed by atoms with van der Waals surface area (Å²) in [4.78, 5) is 69.3. The number of alkyl halides is 3. The van der Waals surface area contributed by atoms with E-state index >= 15 is 0 Å². The fraction of sp³-hybridized carbons (Fsp3) is 0.478. The van der Waals surface area contributed by atoms with E-state index in [9.17, 15) is 37.1 Å². The lowest BCUT2D eigenvalue weighted by atomic mass is 9.49. The second kappa shape index (κ2) is 17.0. The van der Waals surface area contributed by atoms with Crippen LogP contribution >= 0.6 is 0 Å². The van der Waals surface area contributed by atoms with E-state index in [4.69, 9.17) is 10.00 Å². The highest BCUT2D eigenvalue weighted by Crippen LogP contribution is 2.55. The first-order valence-corrected chi connectivity index (χ1v) is 20.9. The summed E-state index contributed by atoms with van der Waals surface area (Å²) in [5.41, 5.74) is 0.397. The number of carbonyl (C=O) groups excluding carboxylic acids is 5. The van der Waals surface area contributed by atoms with Gasteiger partial charge in [-0.05, 0) is 86.3 Å². The van der Waals surface area contributed by atoms with Gasteiger partial charge in [0.2, 0.25) is 11.8 Å². The van der Waals surface area contributed by atoms with Gasteiger partial charge in [0.15, 0.2) is 0 Å². The molecule has 322 valence electrons. The van der Waals surface area contributed by atoms with Crippen LogP contribution in [0.3, 0.4) is 0 Å². The van der Waals surface area contributed by atoms with E-state index in [0.29, 0.717) is 5.56 Å². The Hall–Kier alpha value is -5.75. The Morgan fingerprint density at radius 1 is 0.869 bits per heavy atom. The lowest BCUT2D eigenvalue weighted by Crippen LogP contribution is -2.74. The van der Waals surface area contributed by atoms with Gasteiger partial charge in [0.25, 0.3) is 17.7 Å². The fourth-order valence-electron chi connectivity index (χ4n) is 9.81. The second-order valence-corrected chi connectivity index (χ2v) is 17.7. The molecule has 1 aliphatic carbocycles. The van der Waals surface area contributed by atoms with Gasteiger partial charge in [-0.2, -0.15) is 18.4 Å². The van der Waals surface area contributed by atoms with E-state index in [1.54, 1.807) is 18.2 Å². The minimum Gasteiger partial charge on any atom is -0.489 e. The quantitative estimate of drug-likeness (QED) is 0.145. The number of aryl methyl sites for hydroxylation is 1. The van der Waals surface area contributed by atoms with Crippen LogP contribution in [0.5, 0.6) is 5.75 Å². The predicted octanol–water partition coefficient (Wildman–Crippen LogP) is 6.52. The third-order valence-electron chi connectivity index (χ3n) is 12.9. The van der Waals surface area contributed by atoms with E-state index in [2.05, 4.69) is 20.4 Å². The summed E-state index contributed by atoms with van der Waals surface area (Å²) >= 11 is 0. The van der Waals surface area contributed by atoms with Crippen molar-refractivity contribution in [1.82, 2.24) is 20.4 Å². The molecule has 1 atom stereocenters. The van der Waals surface area contributed by atoms with Gasteiger partial charge in [-0.15, -0.1) is 0 Å². The molecule has 12 nitrogen and oxygen atoms in total. The highest BCUT2D eigenvalue weighted by atomic mass is 19.4. The van der Waals surface area contributed by atoms with Crippen LogP contribution in [-0.2, 0) is 22.2 Å². The average molecular weight is 841 g/mol. The number of nitrogens with zero attached hydrogens (tertiary/aromatic N) is 4. The van der Waals surface area contributed by atoms with E-state index < -0.39 is 63.9 Å². The molecule has 4 aliphatic rings. The number of halogens is 3. The van der Waals surface area contributed by atoms with Crippen LogP contribution in [-0.4, -0.2) is 90.2 Å². The van der Waals surface area contributed by atoms with E-state index in [-0.39, 0.29) is 41.7 Å². The third kappa shape index (κ3) is 8.73. The SMILES string of the molecule is CC1(C)[C@H](NC(=O)c2ccc(CCCCCCN3CCN(c4ccc5c(c4)C(=O)N(C4CCC(=O)NC4=O)C5=O)CC3)cc2)C(C)(C)[C@H]1Oc1ccc(C#N)c(C(F)(F)F)c1. The van der Waals surface area contributed by atoms with Crippen LogP contribution in [0, 0.1) is 22.2 Å². The third-order valence-corrected chi connectivity index (χ3v) is 12.9. The number of fused-ring (bicyclic) bond motifs is 1. The molecule has 2 N–H and O–H groups in total. The lowest BCUT2D eigenvalue weighted by molar-refractivity contribution is -0.164. The molecule has 0 radical (unpaired) electrons. The largest absolute Gasteiger partial charge is 0.489 e. The normalized spacial score (nSPS) is 22.3. The van der Waals surface area contributed by atoms with Crippen LogP contribution in [0.15, 0.2) is 60.7 Å². The van der Waals surface area contributed by atoms with Gasteiger partial charge in [-0.25, -0.2) is 0 Å². The maximum atomic E-state index is 13.6. The molecule has 3 aromatic rings. The molecule has 0 bridgehead atoms. The number of unbranched alkanes of at least 4 members (excludes halogenated alkanes) is 3. The first kappa shape index (κ1) is 43.3. The maximum absolute atomic E-state index is 13.6. The monoisotopic (exact) mass is 840 g/mol. The van der Waals surface area contributed by atoms with Crippen molar-refractivity contribution >= 4 is 35.2 Å². The van der Waals surface area contributed by atoms with Gasteiger partial charge in [0.1, 0.15) is 17.9 Å². The first-order chi connectivity index (χ1) is 28.9. The minimum atomic E-state index is -4.69. The highest BCUT2D eigenvalue weighted by Gasteiger charge is 2.64. The minimum absolute atomic E-state index is 0.0201. The second-order valence-electron chi connectivity index (χ2n) is 17.7. The number of amides is 5. The van der Waals surface area contributed by atoms with Crippen LogP contribution < -0.4 is 20.3 Å². The number of ether oxygens (including phenoxy) is 1. The van der Waals surface area contributed by atoms with E-state index in [0.717, 1.165) is 93.1 Å². The van der Waals surface area contributed by atoms with Crippen LogP contribution in [0.4, 0.5) is 18.9 Å². The molecule has 0 spiro atoms. The van der Waals surface area contributed by atoms with Crippen molar-refractivity contribution in [2.45, 2.75) is 97.0 Å². The maximum Gasteiger partial charge on any atom is 0.417 e. The molecule has 2 saturated heterocycles. The summed E-state index contributed by atoms with van der Waals surface area (Å²) in [6, 6.07) is 16.5. The van der Waals surface area contributed by atoms with Gasteiger partial charge in [-0.1, -0.05) is 52.7 Å². The molecule has 0 aromatic heterocycles. The van der Waals surface area contributed by atoms with Gasteiger partial charge in [0.05, 0.1) is 28.3 Å². The number of piperazine rings is 1. The molecule has 3 aromatic carbocycles. The van der Waals surface area contributed by atoms with Gasteiger partial charge < -0.3 is 15.0 Å². The van der Waals surface area contributed by atoms with E-state index in [1.807, 2.05) is 58.0 Å². The zero-order valence-corrected chi connectivity index (χ0v) is 34.9. The van der Waals surface area contributed by atoms with Crippen molar-refractivity contribution in [2.24, 2.45) is 10.8 Å². The molecule has 1 saturated carbocycles. The number of hydrogen-bond acceptors (Lipinski definition) is 9. The lowest BCUT2D eigenvalue weighted by Gasteiger charge is -2.63. The molecule has 3 fully saturated rings. The summed E-state index contributed by atoms with van der Waals surface area (Å²) in [5, 5.41) is 14.5. The summed E-state index contributed by atoms with van der Waals surface area (Å²) < 4.78 is 46.8. The molecule has 5 amide bonds. The smallest absolute Gasteiger partial charge is 0.417 e. The summed E-state index contributed by atoms with van der Waals surface area (Å²) in [6.07, 6.45) is 0.178. The Kier molecular flexibility index (Phi) is 12.0. The molecular weight excluding hydrogens is 790 g/mol. The zero-order chi connectivity index (χ0) is 43.9. The summed E-state index contributed by atoms with van der Waals surface area (Å²) in [6.45, 7) is 12.0.